The standard InChI is InChI=1S/C27H35N3O5/c1-17(2)24(15-25(31)32)28-26(33)23(13-14-30(3)4)29-27(34)35-16-22-20-11-7-5-9-18(20)19-10-6-8-12-21(19)22/h5-12,17,22-24H,13-16H2,1-4H3,(H,28,33)(H,29,34)(H,31,32)/t23?,24-/m0/s1. The van der Waals surface area contributed by atoms with Crippen molar-refractivity contribution in [2.75, 3.05) is 27.2 Å². The maximum Gasteiger partial charge on any atom is 0.407 e. The fourth-order valence-electron chi connectivity index (χ4n) is 4.36. The van der Waals surface area contributed by atoms with Crippen molar-refractivity contribution in [1.29, 1.82) is 0 Å². The number of nitrogens with zero attached hydrogens (tertiary/aromatic N) is 1. The summed E-state index contributed by atoms with van der Waals surface area (Å²) in [4.78, 5) is 38.9. The second-order valence-corrected chi connectivity index (χ2v) is 9.57. The van der Waals surface area contributed by atoms with Crippen LogP contribution < -0.4 is 10.6 Å². The number of ether oxygens (including phenoxy) is 1. The molecule has 0 heterocycles. The van der Waals surface area contributed by atoms with Gasteiger partial charge in [-0.2, -0.15) is 0 Å². The molecule has 2 atom stereocenters. The van der Waals surface area contributed by atoms with E-state index in [1.807, 2.05) is 69.2 Å². The number of carboxylic acids is 1. The zero-order valence-corrected chi connectivity index (χ0v) is 20.8. The minimum atomic E-state index is -0.988. The molecule has 0 fully saturated rings. The number of amides is 2. The first-order valence-corrected chi connectivity index (χ1v) is 12.0. The highest BCUT2D eigenvalue weighted by Gasteiger charge is 2.30. The van der Waals surface area contributed by atoms with Crippen LogP contribution in [0.1, 0.15) is 43.7 Å². The zero-order chi connectivity index (χ0) is 25.5. The molecule has 0 bridgehead atoms. The Kier molecular flexibility index (Phi) is 8.87. The summed E-state index contributed by atoms with van der Waals surface area (Å²) < 4.78 is 5.61. The molecule has 0 aromatic heterocycles. The van der Waals surface area contributed by atoms with Crippen molar-refractivity contribution in [2.24, 2.45) is 5.92 Å². The Hall–Kier alpha value is -3.39. The maximum absolute atomic E-state index is 13.0. The number of alkyl carbamates (subject to hydrolysis) is 1. The molecule has 1 unspecified atom stereocenters. The molecule has 0 saturated carbocycles. The van der Waals surface area contributed by atoms with Gasteiger partial charge in [-0.1, -0.05) is 62.4 Å². The van der Waals surface area contributed by atoms with E-state index in [-0.39, 0.29) is 24.9 Å². The molecule has 8 heteroatoms. The van der Waals surface area contributed by atoms with Crippen LogP contribution in [0.2, 0.25) is 0 Å². The summed E-state index contributed by atoms with van der Waals surface area (Å²) in [5.41, 5.74) is 4.49. The SMILES string of the molecule is CC(C)[C@H](CC(=O)O)NC(=O)C(CCN(C)C)NC(=O)OCC1c2ccccc2-c2ccccc21. The topological polar surface area (TPSA) is 108 Å². The minimum Gasteiger partial charge on any atom is -0.481 e. The van der Waals surface area contributed by atoms with E-state index in [1.165, 1.54) is 0 Å². The van der Waals surface area contributed by atoms with Crippen LogP contribution in [0, 0.1) is 5.92 Å². The van der Waals surface area contributed by atoms with Crippen molar-refractivity contribution in [2.45, 2.75) is 44.7 Å². The number of fused-ring (bicyclic) bond motifs is 3. The van der Waals surface area contributed by atoms with Crippen molar-refractivity contribution >= 4 is 18.0 Å². The number of carbonyl (C=O) groups excluding carboxylic acids is 2. The number of carboxylic acid groups (broad SMARTS) is 1. The molecule has 0 spiro atoms. The molecule has 3 rings (SSSR count). The second kappa shape index (κ2) is 11.8. The monoisotopic (exact) mass is 481 g/mol. The summed E-state index contributed by atoms with van der Waals surface area (Å²) in [6.45, 7) is 4.41. The number of rotatable bonds is 11. The average molecular weight is 482 g/mol. The highest BCUT2D eigenvalue weighted by molar-refractivity contribution is 5.86. The van der Waals surface area contributed by atoms with Crippen LogP contribution in [-0.4, -0.2) is 67.3 Å². The lowest BCUT2D eigenvalue weighted by Gasteiger charge is -2.25. The van der Waals surface area contributed by atoms with Crippen molar-refractivity contribution in [3.8, 4) is 11.1 Å². The van der Waals surface area contributed by atoms with Crippen LogP contribution in [-0.2, 0) is 14.3 Å². The first-order chi connectivity index (χ1) is 16.7. The average Bonchev–Trinajstić information content (AvgIpc) is 3.13. The van der Waals surface area contributed by atoms with Crippen LogP contribution in [0.5, 0.6) is 0 Å². The van der Waals surface area contributed by atoms with Gasteiger partial charge in [0.1, 0.15) is 12.6 Å². The Bertz CT molecular complexity index is 1010. The molecule has 8 nitrogen and oxygen atoms in total. The number of benzene rings is 2. The predicted molar refractivity (Wildman–Crippen MR) is 134 cm³/mol. The van der Waals surface area contributed by atoms with Gasteiger partial charge in [0.05, 0.1) is 6.42 Å². The number of nitrogens with one attached hydrogen (secondary N) is 2. The van der Waals surface area contributed by atoms with Crippen LogP contribution >= 0.6 is 0 Å². The minimum absolute atomic E-state index is 0.0704. The lowest BCUT2D eigenvalue weighted by molar-refractivity contribution is -0.138. The third-order valence-electron chi connectivity index (χ3n) is 6.34. The molecule has 2 amide bonds. The summed E-state index contributed by atoms with van der Waals surface area (Å²) in [5.74, 6) is -1.55. The first kappa shape index (κ1) is 26.2. The van der Waals surface area contributed by atoms with E-state index >= 15 is 0 Å². The second-order valence-electron chi connectivity index (χ2n) is 9.57. The number of hydrogen-bond donors (Lipinski definition) is 3. The van der Waals surface area contributed by atoms with E-state index in [4.69, 9.17) is 4.74 Å². The van der Waals surface area contributed by atoms with Gasteiger partial charge in [-0.25, -0.2) is 4.79 Å². The van der Waals surface area contributed by atoms with Crippen molar-refractivity contribution in [3.05, 3.63) is 59.7 Å². The molecule has 2 aromatic carbocycles. The molecule has 3 N–H and O–H groups in total. The number of aliphatic carboxylic acids is 1. The van der Waals surface area contributed by atoms with E-state index in [0.717, 1.165) is 22.3 Å². The smallest absolute Gasteiger partial charge is 0.407 e. The first-order valence-electron chi connectivity index (χ1n) is 12.0. The van der Waals surface area contributed by atoms with Gasteiger partial charge in [-0.15, -0.1) is 0 Å². The third kappa shape index (κ3) is 6.82. The van der Waals surface area contributed by atoms with E-state index in [1.54, 1.807) is 0 Å². The van der Waals surface area contributed by atoms with E-state index in [0.29, 0.717) is 13.0 Å². The number of hydrogen-bond acceptors (Lipinski definition) is 5. The third-order valence-corrected chi connectivity index (χ3v) is 6.34. The molecule has 1 aliphatic rings. The van der Waals surface area contributed by atoms with Gasteiger partial charge in [0.15, 0.2) is 0 Å². The van der Waals surface area contributed by atoms with Crippen molar-refractivity contribution in [1.82, 2.24) is 15.5 Å². The molecule has 0 radical (unpaired) electrons. The molecule has 188 valence electrons. The van der Waals surface area contributed by atoms with Gasteiger partial charge in [0.25, 0.3) is 0 Å². The van der Waals surface area contributed by atoms with Gasteiger partial charge in [-0.3, -0.25) is 9.59 Å². The molecule has 1 aliphatic carbocycles. The lowest BCUT2D eigenvalue weighted by Crippen LogP contribution is -2.52. The predicted octanol–water partition coefficient (Wildman–Crippen LogP) is 3.46. The van der Waals surface area contributed by atoms with Crippen LogP contribution in [0.15, 0.2) is 48.5 Å². The maximum atomic E-state index is 13.0. The summed E-state index contributed by atoms with van der Waals surface area (Å²) in [6, 6.07) is 14.8. The zero-order valence-electron chi connectivity index (χ0n) is 20.8. The molecule has 35 heavy (non-hydrogen) atoms. The summed E-state index contributed by atoms with van der Waals surface area (Å²) >= 11 is 0. The van der Waals surface area contributed by atoms with E-state index in [9.17, 15) is 19.5 Å². The highest BCUT2D eigenvalue weighted by atomic mass is 16.5. The highest BCUT2D eigenvalue weighted by Crippen LogP contribution is 2.44. The van der Waals surface area contributed by atoms with E-state index < -0.39 is 30.1 Å². The van der Waals surface area contributed by atoms with Crippen molar-refractivity contribution < 1.29 is 24.2 Å². The van der Waals surface area contributed by atoms with Gasteiger partial charge in [0.2, 0.25) is 5.91 Å². The molecular weight excluding hydrogens is 446 g/mol. The summed E-state index contributed by atoms with van der Waals surface area (Å²) in [6.07, 6.45) is -0.500. The Morgan fingerprint density at radius 3 is 2.06 bits per heavy atom. The largest absolute Gasteiger partial charge is 0.481 e. The molecule has 0 aliphatic heterocycles. The van der Waals surface area contributed by atoms with Gasteiger partial charge >= 0.3 is 12.1 Å². The Morgan fingerprint density at radius 2 is 1.54 bits per heavy atom. The fourth-order valence-corrected chi connectivity index (χ4v) is 4.36. The van der Waals surface area contributed by atoms with Crippen LogP contribution in [0.25, 0.3) is 11.1 Å². The van der Waals surface area contributed by atoms with Gasteiger partial charge in [0, 0.05) is 12.0 Å². The van der Waals surface area contributed by atoms with E-state index in [2.05, 4.69) is 22.8 Å². The Morgan fingerprint density at radius 1 is 0.971 bits per heavy atom. The van der Waals surface area contributed by atoms with Crippen molar-refractivity contribution in [3.63, 3.8) is 0 Å². The molecular formula is C27H35N3O5. The Balaban J connectivity index is 1.67. The lowest BCUT2D eigenvalue weighted by atomic mass is 9.98. The summed E-state index contributed by atoms with van der Waals surface area (Å²) in [7, 11) is 3.76. The fraction of sp³-hybridized carbons (Fsp3) is 0.444. The van der Waals surface area contributed by atoms with Gasteiger partial charge < -0.3 is 25.4 Å². The van der Waals surface area contributed by atoms with Gasteiger partial charge in [-0.05, 0) is 55.2 Å². The molecule has 0 saturated heterocycles. The van der Waals surface area contributed by atoms with Crippen LogP contribution in [0.3, 0.4) is 0 Å². The quantitative estimate of drug-likeness (QED) is 0.454. The summed E-state index contributed by atoms with van der Waals surface area (Å²) in [5, 5.41) is 14.7. The Labute approximate surface area is 206 Å². The number of carbonyl (C=O) groups is 3. The van der Waals surface area contributed by atoms with Crippen LogP contribution in [0.4, 0.5) is 4.79 Å². The normalized spacial score (nSPS) is 14.2. The molecule has 2 aromatic rings.